The zero-order valence-electron chi connectivity index (χ0n) is 15.9. The summed E-state index contributed by atoms with van der Waals surface area (Å²) in [6.45, 7) is 1.43. The molecule has 29 heavy (non-hydrogen) atoms. The van der Waals surface area contributed by atoms with Crippen molar-refractivity contribution < 1.29 is 14.6 Å². The van der Waals surface area contributed by atoms with Crippen LogP contribution in [0, 0.1) is 0 Å². The molecule has 0 radical (unpaired) electrons. The van der Waals surface area contributed by atoms with E-state index in [0.29, 0.717) is 42.6 Å². The second-order valence-electron chi connectivity index (χ2n) is 6.58. The fourth-order valence-electron chi connectivity index (χ4n) is 3.19. The molecular formula is C21H21N5O3. The lowest BCUT2D eigenvalue weighted by atomic mass is 10.2. The first kappa shape index (κ1) is 18.5. The molecule has 0 bridgehead atoms. The number of carbonyl (C=O) groups excluding carboxylic acids is 1. The van der Waals surface area contributed by atoms with E-state index in [1.165, 1.54) is 6.07 Å². The third-order valence-corrected chi connectivity index (χ3v) is 4.64. The Morgan fingerprint density at radius 2 is 2.10 bits per heavy atom. The molecule has 8 heteroatoms. The SMILES string of the molecule is COc1ccccc1Nc1ncc2c(n1)CN(C(=O)c1cccc(O)c1)CCN2. The van der Waals surface area contributed by atoms with E-state index in [1.807, 2.05) is 24.3 Å². The Morgan fingerprint density at radius 1 is 1.24 bits per heavy atom. The molecule has 0 spiro atoms. The van der Waals surface area contributed by atoms with Crippen molar-refractivity contribution in [3.05, 3.63) is 66.0 Å². The summed E-state index contributed by atoms with van der Waals surface area (Å²) >= 11 is 0. The number of rotatable bonds is 4. The van der Waals surface area contributed by atoms with Crippen LogP contribution < -0.4 is 15.4 Å². The van der Waals surface area contributed by atoms with Crippen LogP contribution in [0.25, 0.3) is 0 Å². The topological polar surface area (TPSA) is 99.6 Å². The number of aromatic nitrogens is 2. The molecule has 0 atom stereocenters. The quantitative estimate of drug-likeness (QED) is 0.629. The number of aromatic hydroxyl groups is 1. The Morgan fingerprint density at radius 3 is 2.93 bits per heavy atom. The smallest absolute Gasteiger partial charge is 0.254 e. The zero-order chi connectivity index (χ0) is 20.2. The molecule has 0 saturated carbocycles. The van der Waals surface area contributed by atoms with Crippen LogP contribution in [0.5, 0.6) is 11.5 Å². The normalized spacial score (nSPS) is 13.1. The van der Waals surface area contributed by atoms with E-state index in [4.69, 9.17) is 4.74 Å². The van der Waals surface area contributed by atoms with Gasteiger partial charge in [0, 0.05) is 18.7 Å². The van der Waals surface area contributed by atoms with Gasteiger partial charge in [-0.3, -0.25) is 4.79 Å². The largest absolute Gasteiger partial charge is 0.508 e. The van der Waals surface area contributed by atoms with E-state index in [-0.39, 0.29) is 11.7 Å². The first-order chi connectivity index (χ1) is 14.1. The van der Waals surface area contributed by atoms with Gasteiger partial charge in [0.1, 0.15) is 11.5 Å². The molecule has 2 heterocycles. The number of methoxy groups -OCH3 is 1. The average Bonchev–Trinajstić information content (AvgIpc) is 2.95. The van der Waals surface area contributed by atoms with Gasteiger partial charge in [-0.05, 0) is 30.3 Å². The van der Waals surface area contributed by atoms with Crippen LogP contribution in [0.15, 0.2) is 54.7 Å². The summed E-state index contributed by atoms with van der Waals surface area (Å²) in [6, 6.07) is 13.9. The minimum Gasteiger partial charge on any atom is -0.508 e. The summed E-state index contributed by atoms with van der Waals surface area (Å²) < 4.78 is 5.35. The molecular weight excluding hydrogens is 370 g/mol. The fraction of sp³-hybridized carbons (Fsp3) is 0.190. The van der Waals surface area contributed by atoms with E-state index >= 15 is 0 Å². The van der Waals surface area contributed by atoms with Crippen LogP contribution in [0.3, 0.4) is 0 Å². The van der Waals surface area contributed by atoms with Crippen LogP contribution in [-0.4, -0.2) is 46.1 Å². The lowest BCUT2D eigenvalue weighted by Crippen LogP contribution is -2.32. The maximum atomic E-state index is 12.9. The number of hydrogen-bond donors (Lipinski definition) is 3. The highest BCUT2D eigenvalue weighted by molar-refractivity contribution is 5.94. The Hall–Kier alpha value is -3.81. The van der Waals surface area contributed by atoms with Crippen molar-refractivity contribution in [2.24, 2.45) is 0 Å². The molecule has 4 rings (SSSR count). The summed E-state index contributed by atoms with van der Waals surface area (Å²) in [5.41, 5.74) is 2.70. The molecule has 1 aliphatic rings. The Kier molecular flexibility index (Phi) is 5.15. The monoisotopic (exact) mass is 391 g/mol. The van der Waals surface area contributed by atoms with Crippen molar-refractivity contribution in [2.45, 2.75) is 6.54 Å². The molecule has 3 N–H and O–H groups in total. The maximum Gasteiger partial charge on any atom is 0.254 e. The maximum absolute atomic E-state index is 12.9. The molecule has 1 aromatic heterocycles. The molecule has 1 amide bonds. The predicted molar refractivity (Wildman–Crippen MR) is 110 cm³/mol. The van der Waals surface area contributed by atoms with Gasteiger partial charge in [-0.2, -0.15) is 0 Å². The number of ether oxygens (including phenoxy) is 1. The van der Waals surface area contributed by atoms with E-state index < -0.39 is 0 Å². The standard InChI is InChI=1S/C21H21N5O3/c1-29-19-8-3-2-7-16(19)24-21-23-12-17-18(25-21)13-26(10-9-22-17)20(28)14-5-4-6-15(27)11-14/h2-8,11-12,22,27H,9-10,13H2,1H3,(H,23,24,25). The highest BCUT2D eigenvalue weighted by atomic mass is 16.5. The van der Waals surface area contributed by atoms with E-state index in [2.05, 4.69) is 20.6 Å². The number of nitrogens with one attached hydrogen (secondary N) is 2. The van der Waals surface area contributed by atoms with Gasteiger partial charge >= 0.3 is 0 Å². The Balaban J connectivity index is 1.58. The summed E-state index contributed by atoms with van der Waals surface area (Å²) in [6.07, 6.45) is 1.71. The molecule has 148 valence electrons. The number of anilines is 3. The number of nitrogens with zero attached hydrogens (tertiary/aromatic N) is 3. The van der Waals surface area contributed by atoms with Crippen LogP contribution in [0.2, 0.25) is 0 Å². The van der Waals surface area contributed by atoms with Crippen molar-refractivity contribution >= 4 is 23.2 Å². The van der Waals surface area contributed by atoms with Crippen LogP contribution >= 0.6 is 0 Å². The van der Waals surface area contributed by atoms with Gasteiger partial charge in [-0.15, -0.1) is 0 Å². The van der Waals surface area contributed by atoms with Crippen LogP contribution in [-0.2, 0) is 6.54 Å². The van der Waals surface area contributed by atoms with Crippen LogP contribution in [0.1, 0.15) is 16.1 Å². The molecule has 0 fully saturated rings. The Bertz CT molecular complexity index is 1040. The van der Waals surface area contributed by atoms with Gasteiger partial charge in [-0.1, -0.05) is 18.2 Å². The molecule has 2 aromatic carbocycles. The highest BCUT2D eigenvalue weighted by Gasteiger charge is 2.22. The Labute approximate surface area is 168 Å². The third-order valence-electron chi connectivity index (χ3n) is 4.64. The summed E-state index contributed by atoms with van der Waals surface area (Å²) in [7, 11) is 1.60. The molecule has 1 aliphatic heterocycles. The van der Waals surface area contributed by atoms with Crippen molar-refractivity contribution in [3.63, 3.8) is 0 Å². The predicted octanol–water partition coefficient (Wildman–Crippen LogP) is 3.00. The zero-order valence-corrected chi connectivity index (χ0v) is 15.9. The van der Waals surface area contributed by atoms with Gasteiger partial charge < -0.3 is 25.4 Å². The van der Waals surface area contributed by atoms with Gasteiger partial charge in [0.25, 0.3) is 5.91 Å². The molecule has 8 nitrogen and oxygen atoms in total. The second-order valence-corrected chi connectivity index (χ2v) is 6.58. The number of para-hydroxylation sites is 2. The van der Waals surface area contributed by atoms with E-state index in [1.54, 1.807) is 36.4 Å². The second kappa shape index (κ2) is 8.05. The lowest BCUT2D eigenvalue weighted by molar-refractivity contribution is 0.0751. The third kappa shape index (κ3) is 4.06. The number of amides is 1. The first-order valence-corrected chi connectivity index (χ1v) is 9.22. The number of benzene rings is 2. The number of carbonyl (C=O) groups is 1. The van der Waals surface area contributed by atoms with Crippen molar-refractivity contribution in [2.75, 3.05) is 30.8 Å². The number of hydrogen-bond acceptors (Lipinski definition) is 7. The summed E-state index contributed by atoms with van der Waals surface area (Å²) in [4.78, 5) is 23.6. The molecule has 0 aliphatic carbocycles. The molecule has 0 unspecified atom stereocenters. The number of fused-ring (bicyclic) bond motifs is 1. The van der Waals surface area contributed by atoms with Gasteiger partial charge in [-0.25, -0.2) is 9.97 Å². The highest BCUT2D eigenvalue weighted by Crippen LogP contribution is 2.27. The minimum absolute atomic E-state index is 0.0646. The summed E-state index contributed by atoms with van der Waals surface area (Å²) in [5, 5.41) is 16.1. The van der Waals surface area contributed by atoms with Crippen LogP contribution in [0.4, 0.5) is 17.3 Å². The van der Waals surface area contributed by atoms with Crippen molar-refractivity contribution in [1.29, 1.82) is 0 Å². The van der Waals surface area contributed by atoms with Gasteiger partial charge in [0.15, 0.2) is 0 Å². The number of phenols is 1. The average molecular weight is 391 g/mol. The van der Waals surface area contributed by atoms with Gasteiger partial charge in [0.2, 0.25) is 5.95 Å². The minimum atomic E-state index is -0.159. The number of phenolic OH excluding ortho intramolecular Hbond substituents is 1. The summed E-state index contributed by atoms with van der Waals surface area (Å²) in [5.74, 6) is 1.01. The fourth-order valence-corrected chi connectivity index (χ4v) is 3.19. The van der Waals surface area contributed by atoms with E-state index in [9.17, 15) is 9.90 Å². The first-order valence-electron chi connectivity index (χ1n) is 9.22. The van der Waals surface area contributed by atoms with Gasteiger partial charge in [0.05, 0.1) is 36.9 Å². The molecule has 0 saturated heterocycles. The lowest BCUT2D eigenvalue weighted by Gasteiger charge is -2.20. The van der Waals surface area contributed by atoms with Crippen molar-refractivity contribution in [3.8, 4) is 11.5 Å². The molecule has 3 aromatic rings. The van der Waals surface area contributed by atoms with Crippen molar-refractivity contribution in [1.82, 2.24) is 14.9 Å². The van der Waals surface area contributed by atoms with E-state index in [0.717, 1.165) is 11.4 Å².